The van der Waals surface area contributed by atoms with Crippen molar-refractivity contribution in [1.82, 2.24) is 0 Å². The van der Waals surface area contributed by atoms with Crippen molar-refractivity contribution in [3.63, 3.8) is 0 Å². The second kappa shape index (κ2) is 3.37. The number of fused-ring (bicyclic) bond motifs is 3. The molecule has 1 atom stereocenters. The van der Waals surface area contributed by atoms with Crippen LogP contribution in [0.4, 0.5) is 0 Å². The summed E-state index contributed by atoms with van der Waals surface area (Å²) in [7, 11) is 0. The second-order valence-corrected chi connectivity index (χ2v) is 4.65. The standard InChI is InChI=1S/C15H16/c1-11-5-4-8-15-13(11)10-9-12-6-2-3-7-14(12)15/h2-3,6-7,9-11H,4-5,8H2,1H3. The average Bonchev–Trinajstić information content (AvgIpc) is 2.29. The van der Waals surface area contributed by atoms with Crippen LogP contribution in [0.1, 0.15) is 36.8 Å². The van der Waals surface area contributed by atoms with Crippen LogP contribution in [0.5, 0.6) is 0 Å². The van der Waals surface area contributed by atoms with Gasteiger partial charge in [-0.15, -0.1) is 0 Å². The van der Waals surface area contributed by atoms with Gasteiger partial charge in [0.2, 0.25) is 0 Å². The van der Waals surface area contributed by atoms with Crippen LogP contribution < -0.4 is 0 Å². The molecule has 0 aliphatic heterocycles. The predicted molar refractivity (Wildman–Crippen MR) is 65.3 cm³/mol. The Morgan fingerprint density at radius 2 is 1.93 bits per heavy atom. The van der Waals surface area contributed by atoms with E-state index in [1.807, 2.05) is 0 Å². The molecule has 0 bridgehead atoms. The van der Waals surface area contributed by atoms with Crippen molar-refractivity contribution in [2.24, 2.45) is 0 Å². The Labute approximate surface area is 90.9 Å². The topological polar surface area (TPSA) is 0 Å². The van der Waals surface area contributed by atoms with Crippen molar-refractivity contribution < 1.29 is 0 Å². The molecule has 0 aromatic heterocycles. The molecule has 0 spiro atoms. The van der Waals surface area contributed by atoms with Gasteiger partial charge in [0.05, 0.1) is 0 Å². The van der Waals surface area contributed by atoms with Gasteiger partial charge in [0.15, 0.2) is 0 Å². The van der Waals surface area contributed by atoms with Crippen molar-refractivity contribution in [2.75, 3.05) is 0 Å². The van der Waals surface area contributed by atoms with Crippen LogP contribution in [0.25, 0.3) is 10.8 Å². The van der Waals surface area contributed by atoms with Crippen LogP contribution in [-0.2, 0) is 6.42 Å². The van der Waals surface area contributed by atoms with E-state index in [-0.39, 0.29) is 0 Å². The highest BCUT2D eigenvalue weighted by Gasteiger charge is 2.17. The lowest BCUT2D eigenvalue weighted by molar-refractivity contribution is 0.593. The summed E-state index contributed by atoms with van der Waals surface area (Å²) in [5.74, 6) is 0.748. The van der Waals surface area contributed by atoms with Gasteiger partial charge >= 0.3 is 0 Å². The van der Waals surface area contributed by atoms with E-state index in [4.69, 9.17) is 0 Å². The molecule has 0 heterocycles. The van der Waals surface area contributed by atoms with Gasteiger partial charge in [-0.2, -0.15) is 0 Å². The largest absolute Gasteiger partial charge is 0.0616 e. The third-order valence-electron chi connectivity index (χ3n) is 3.67. The van der Waals surface area contributed by atoms with Gasteiger partial charge in [0, 0.05) is 0 Å². The quantitative estimate of drug-likeness (QED) is 0.590. The highest BCUT2D eigenvalue weighted by molar-refractivity contribution is 5.87. The third-order valence-corrected chi connectivity index (χ3v) is 3.67. The van der Waals surface area contributed by atoms with Crippen molar-refractivity contribution >= 4 is 10.8 Å². The molecule has 0 saturated heterocycles. The minimum absolute atomic E-state index is 0.748. The summed E-state index contributed by atoms with van der Waals surface area (Å²) in [6.07, 6.45) is 3.97. The molecular formula is C15H16. The maximum absolute atomic E-state index is 2.35. The summed E-state index contributed by atoms with van der Waals surface area (Å²) in [6.45, 7) is 2.35. The minimum atomic E-state index is 0.748. The molecule has 1 aliphatic rings. The van der Waals surface area contributed by atoms with Gasteiger partial charge in [0.1, 0.15) is 0 Å². The lowest BCUT2D eigenvalue weighted by Gasteiger charge is -2.23. The summed E-state index contributed by atoms with van der Waals surface area (Å²) in [4.78, 5) is 0. The Bertz CT molecular complexity index is 496. The number of hydrogen-bond acceptors (Lipinski definition) is 0. The first-order chi connectivity index (χ1) is 7.36. The first-order valence-electron chi connectivity index (χ1n) is 5.87. The minimum Gasteiger partial charge on any atom is -0.0616 e. The molecule has 2 aromatic rings. The smallest absolute Gasteiger partial charge is 0.0149 e. The Hall–Kier alpha value is -1.30. The van der Waals surface area contributed by atoms with E-state index in [1.54, 1.807) is 11.1 Å². The van der Waals surface area contributed by atoms with Crippen molar-refractivity contribution in [3.8, 4) is 0 Å². The van der Waals surface area contributed by atoms with Crippen molar-refractivity contribution in [2.45, 2.75) is 32.1 Å². The molecule has 1 unspecified atom stereocenters. The highest BCUT2D eigenvalue weighted by atomic mass is 14.2. The molecule has 0 heteroatoms. The maximum Gasteiger partial charge on any atom is -0.0149 e. The van der Waals surface area contributed by atoms with E-state index in [9.17, 15) is 0 Å². The molecule has 0 saturated carbocycles. The number of benzene rings is 2. The van der Waals surface area contributed by atoms with E-state index in [2.05, 4.69) is 43.3 Å². The first kappa shape index (κ1) is 8.96. The fraction of sp³-hybridized carbons (Fsp3) is 0.333. The Morgan fingerprint density at radius 3 is 2.87 bits per heavy atom. The molecule has 15 heavy (non-hydrogen) atoms. The van der Waals surface area contributed by atoms with Gasteiger partial charge in [-0.3, -0.25) is 0 Å². The zero-order chi connectivity index (χ0) is 10.3. The Morgan fingerprint density at radius 1 is 1.07 bits per heavy atom. The van der Waals surface area contributed by atoms with Crippen molar-refractivity contribution in [3.05, 3.63) is 47.5 Å². The number of hydrogen-bond donors (Lipinski definition) is 0. The van der Waals surface area contributed by atoms with Gasteiger partial charge in [-0.05, 0) is 47.1 Å². The Balaban J connectivity index is 2.33. The van der Waals surface area contributed by atoms with E-state index >= 15 is 0 Å². The van der Waals surface area contributed by atoms with E-state index < -0.39 is 0 Å². The summed E-state index contributed by atoms with van der Waals surface area (Å²) >= 11 is 0. The van der Waals surface area contributed by atoms with Gasteiger partial charge in [-0.1, -0.05) is 43.3 Å². The molecule has 76 valence electrons. The van der Waals surface area contributed by atoms with Crippen LogP contribution in [0.15, 0.2) is 36.4 Å². The third kappa shape index (κ3) is 1.36. The molecule has 0 N–H and O–H groups in total. The Kier molecular flexibility index (Phi) is 2.02. The first-order valence-corrected chi connectivity index (χ1v) is 5.87. The fourth-order valence-corrected chi connectivity index (χ4v) is 2.83. The summed E-state index contributed by atoms with van der Waals surface area (Å²) in [6, 6.07) is 13.4. The lowest BCUT2D eigenvalue weighted by Crippen LogP contribution is -2.07. The van der Waals surface area contributed by atoms with Gasteiger partial charge in [0.25, 0.3) is 0 Å². The molecule has 0 radical (unpaired) electrons. The van der Waals surface area contributed by atoms with Gasteiger partial charge < -0.3 is 0 Å². The molecule has 2 aromatic carbocycles. The highest BCUT2D eigenvalue weighted by Crippen LogP contribution is 2.35. The number of aryl methyl sites for hydroxylation is 1. The van der Waals surface area contributed by atoms with E-state index in [1.165, 1.54) is 30.0 Å². The van der Waals surface area contributed by atoms with Crippen molar-refractivity contribution in [1.29, 1.82) is 0 Å². The zero-order valence-corrected chi connectivity index (χ0v) is 9.16. The molecular weight excluding hydrogens is 180 g/mol. The summed E-state index contributed by atoms with van der Waals surface area (Å²) in [5.41, 5.74) is 3.19. The zero-order valence-electron chi connectivity index (χ0n) is 9.16. The van der Waals surface area contributed by atoms with Crippen LogP contribution in [0, 0.1) is 0 Å². The predicted octanol–water partition coefficient (Wildman–Crippen LogP) is 4.28. The normalized spacial score (nSPS) is 20.2. The molecule has 0 fully saturated rings. The monoisotopic (exact) mass is 196 g/mol. The number of rotatable bonds is 0. The lowest BCUT2D eigenvalue weighted by atomic mass is 9.81. The van der Waals surface area contributed by atoms with E-state index in [0.717, 1.165) is 5.92 Å². The molecule has 0 nitrogen and oxygen atoms in total. The van der Waals surface area contributed by atoms with Crippen LogP contribution in [0.2, 0.25) is 0 Å². The SMILES string of the molecule is CC1CCCc2c1ccc1ccccc21. The van der Waals surface area contributed by atoms with Crippen LogP contribution in [0.3, 0.4) is 0 Å². The summed E-state index contributed by atoms with van der Waals surface area (Å²) < 4.78 is 0. The van der Waals surface area contributed by atoms with Gasteiger partial charge in [-0.25, -0.2) is 0 Å². The van der Waals surface area contributed by atoms with Crippen LogP contribution in [-0.4, -0.2) is 0 Å². The molecule has 1 aliphatic carbocycles. The van der Waals surface area contributed by atoms with E-state index in [0.29, 0.717) is 0 Å². The molecule has 3 rings (SSSR count). The summed E-state index contributed by atoms with van der Waals surface area (Å²) in [5, 5.41) is 2.87. The second-order valence-electron chi connectivity index (χ2n) is 4.65. The molecule has 0 amide bonds. The van der Waals surface area contributed by atoms with Crippen LogP contribution >= 0.6 is 0 Å². The average molecular weight is 196 g/mol. The fourth-order valence-electron chi connectivity index (χ4n) is 2.83. The maximum atomic E-state index is 2.35.